The van der Waals surface area contributed by atoms with Crippen molar-refractivity contribution in [2.45, 2.75) is 0 Å². The van der Waals surface area contributed by atoms with E-state index in [1.807, 2.05) is 0 Å². The summed E-state index contributed by atoms with van der Waals surface area (Å²) in [6, 6.07) is 59.7. The second kappa shape index (κ2) is 13.5. The van der Waals surface area contributed by atoms with Gasteiger partial charge in [-0.05, 0) is 0 Å². The van der Waals surface area contributed by atoms with E-state index < -0.39 is 0 Å². The number of rotatable bonds is 2. The molecule has 0 nitrogen and oxygen atoms in total. The molecular weight excluding hydrogens is 663 g/mol. The van der Waals surface area contributed by atoms with Gasteiger partial charge in [-0.2, -0.15) is 0 Å². The van der Waals surface area contributed by atoms with Crippen molar-refractivity contribution in [3.05, 3.63) is 170 Å². The Morgan fingerprint density at radius 1 is 0.300 bits per heavy atom. The monoisotopic (exact) mass is 692 g/mol. The Labute approximate surface area is 257 Å². The molecule has 8 aromatic rings. The van der Waals surface area contributed by atoms with Crippen LogP contribution >= 0.6 is 0 Å². The van der Waals surface area contributed by atoms with Crippen LogP contribution < -0.4 is 10.4 Å². The fourth-order valence-electron chi connectivity index (χ4n) is 5.02. The van der Waals surface area contributed by atoms with E-state index in [1.54, 1.807) is 0 Å². The minimum absolute atomic E-state index is 0. The fraction of sp³-hybridized carbons (Fsp3) is 0. The summed E-state index contributed by atoms with van der Waals surface area (Å²) in [6.07, 6.45) is 0. The molecule has 0 atom stereocenters. The topological polar surface area (TPSA) is 0 Å². The third-order valence-electron chi connectivity index (χ3n) is 6.88. The number of fused-ring (bicyclic) bond motifs is 6. The predicted molar refractivity (Wildman–Crippen MR) is 172 cm³/mol. The molecule has 8 rings (SSSR count). The van der Waals surface area contributed by atoms with Crippen molar-refractivity contribution in [3.63, 3.8) is 0 Å². The molecule has 0 bridgehead atoms. The quantitative estimate of drug-likeness (QED) is 0.126. The van der Waals surface area contributed by atoms with Crippen molar-refractivity contribution in [1.29, 1.82) is 0 Å². The van der Waals surface area contributed by atoms with Gasteiger partial charge in [-0.1, -0.05) is 144 Å². The standard InChI is InChI=1S/2C13H9.C12H10Si.Hf/c2*1-3-7-12-10(5-1)9-11-6-2-4-8-13(11)12;1-3-7-11(8-4-1)13-12-9-5-2-6-10-12;/h2*1-9H;1-10H;/q2*-1;;. The Morgan fingerprint density at radius 2 is 0.550 bits per heavy atom. The third-order valence-corrected chi connectivity index (χ3v) is 8.13. The SMILES string of the molecule is [Hf].c1ccc([Si]c2ccccc2)cc1.c1ccc2c(c1)[cH-]c1ccccc12.c1ccc2c(c1)[cH-]c1ccccc12. The zero-order chi connectivity index (χ0) is 26.3. The zero-order valence-electron chi connectivity index (χ0n) is 22.2. The van der Waals surface area contributed by atoms with Crippen LogP contribution in [0.5, 0.6) is 0 Å². The summed E-state index contributed by atoms with van der Waals surface area (Å²) < 4.78 is 0. The Hall–Kier alpha value is -3.85. The average molecular weight is 691 g/mol. The Bertz CT molecular complexity index is 1690. The van der Waals surface area contributed by atoms with Crippen LogP contribution in [-0.4, -0.2) is 9.52 Å². The maximum absolute atomic E-state index is 2.24. The van der Waals surface area contributed by atoms with Crippen LogP contribution in [0.2, 0.25) is 0 Å². The second-order valence-corrected chi connectivity index (χ2v) is 10.9. The predicted octanol–water partition coefficient (Wildman–Crippen LogP) is 8.76. The van der Waals surface area contributed by atoms with Crippen LogP contribution in [0.3, 0.4) is 0 Å². The molecule has 40 heavy (non-hydrogen) atoms. The van der Waals surface area contributed by atoms with Gasteiger partial charge < -0.3 is 0 Å². The maximum Gasteiger partial charge on any atom is 0.121 e. The summed E-state index contributed by atoms with van der Waals surface area (Å²) in [4.78, 5) is 0. The summed E-state index contributed by atoms with van der Waals surface area (Å²) in [5.41, 5.74) is 0. The molecule has 0 spiro atoms. The van der Waals surface area contributed by atoms with Crippen molar-refractivity contribution in [3.8, 4) is 0 Å². The van der Waals surface area contributed by atoms with Crippen LogP contribution in [0.15, 0.2) is 170 Å². The first kappa shape index (κ1) is 27.7. The first-order chi connectivity index (χ1) is 19.3. The molecule has 0 saturated heterocycles. The van der Waals surface area contributed by atoms with Crippen molar-refractivity contribution in [1.82, 2.24) is 0 Å². The van der Waals surface area contributed by atoms with E-state index in [0.717, 1.165) is 9.52 Å². The maximum atomic E-state index is 2.24. The number of hydrogen-bond donors (Lipinski definition) is 0. The first-order valence-corrected chi connectivity index (χ1v) is 14.3. The number of benzene rings is 6. The molecule has 0 aromatic heterocycles. The van der Waals surface area contributed by atoms with Crippen molar-refractivity contribution >= 4 is 63.0 Å². The van der Waals surface area contributed by atoms with E-state index in [0.29, 0.717) is 0 Å². The van der Waals surface area contributed by atoms with Crippen molar-refractivity contribution in [2.75, 3.05) is 0 Å². The summed E-state index contributed by atoms with van der Waals surface area (Å²) in [6.45, 7) is 0. The number of hydrogen-bond acceptors (Lipinski definition) is 0. The van der Waals surface area contributed by atoms with Gasteiger partial charge in [-0.15, -0.1) is 79.5 Å². The van der Waals surface area contributed by atoms with Crippen LogP contribution in [0.1, 0.15) is 0 Å². The second-order valence-electron chi connectivity index (χ2n) is 9.49. The molecule has 0 N–H and O–H groups in total. The largest absolute Gasteiger partial charge is 0.126 e. The van der Waals surface area contributed by atoms with Gasteiger partial charge >= 0.3 is 0 Å². The zero-order valence-corrected chi connectivity index (χ0v) is 26.8. The van der Waals surface area contributed by atoms with Crippen molar-refractivity contribution in [2.24, 2.45) is 0 Å². The summed E-state index contributed by atoms with van der Waals surface area (Å²) in [5, 5.41) is 13.6. The van der Waals surface area contributed by atoms with Crippen LogP contribution in [-0.2, 0) is 25.8 Å². The van der Waals surface area contributed by atoms with E-state index in [4.69, 9.17) is 0 Å². The molecule has 0 unspecified atom stereocenters. The van der Waals surface area contributed by atoms with Crippen LogP contribution in [0, 0.1) is 0 Å². The molecule has 0 fully saturated rings. The van der Waals surface area contributed by atoms with Gasteiger partial charge in [0.1, 0.15) is 9.52 Å². The molecule has 8 aromatic carbocycles. The Morgan fingerprint density at radius 3 is 0.850 bits per heavy atom. The van der Waals surface area contributed by atoms with Crippen molar-refractivity contribution < 1.29 is 25.8 Å². The van der Waals surface area contributed by atoms with Gasteiger partial charge in [0, 0.05) is 25.8 Å². The average Bonchev–Trinajstić information content (AvgIpc) is 3.58. The van der Waals surface area contributed by atoms with E-state index in [-0.39, 0.29) is 25.8 Å². The van der Waals surface area contributed by atoms with Gasteiger partial charge in [-0.3, -0.25) is 0 Å². The molecule has 190 valence electrons. The van der Waals surface area contributed by atoms with Crippen LogP contribution in [0.4, 0.5) is 0 Å². The smallest absolute Gasteiger partial charge is 0.121 e. The molecule has 0 saturated carbocycles. The molecule has 0 heterocycles. The normalized spacial score (nSPS) is 10.4. The Kier molecular flexibility index (Phi) is 9.33. The molecule has 2 heteroatoms. The molecule has 0 aliphatic rings. The fourth-order valence-corrected chi connectivity index (χ4v) is 6.07. The third kappa shape index (κ3) is 6.47. The van der Waals surface area contributed by atoms with E-state index >= 15 is 0 Å². The summed E-state index contributed by atoms with van der Waals surface area (Å²) >= 11 is 0. The van der Waals surface area contributed by atoms with Gasteiger partial charge in [0.2, 0.25) is 0 Å². The molecule has 0 aliphatic carbocycles. The molecule has 0 aliphatic heterocycles. The summed E-state index contributed by atoms with van der Waals surface area (Å²) in [5.74, 6) is 0. The van der Waals surface area contributed by atoms with Gasteiger partial charge in [0.15, 0.2) is 0 Å². The minimum atomic E-state index is 0. The first-order valence-electron chi connectivity index (χ1n) is 13.3. The molecule has 2 radical (unpaired) electrons. The Balaban J connectivity index is 0.000000120. The molecule has 0 amide bonds. The minimum Gasteiger partial charge on any atom is -0.126 e. The van der Waals surface area contributed by atoms with E-state index in [9.17, 15) is 0 Å². The summed E-state index contributed by atoms with van der Waals surface area (Å²) in [7, 11) is 0.777. The molecular formula is C38H28HfSi-2. The van der Waals surface area contributed by atoms with E-state index in [2.05, 4.69) is 170 Å². The van der Waals surface area contributed by atoms with E-state index in [1.165, 1.54) is 53.5 Å². The van der Waals surface area contributed by atoms with Gasteiger partial charge in [0.25, 0.3) is 0 Å². The van der Waals surface area contributed by atoms with Gasteiger partial charge in [-0.25, -0.2) is 0 Å². The van der Waals surface area contributed by atoms with Gasteiger partial charge in [0.05, 0.1) is 0 Å². The van der Waals surface area contributed by atoms with Crippen LogP contribution in [0.25, 0.3) is 43.1 Å².